The number of carbonyl (C=O) groups excluding carboxylic acids is 2. The summed E-state index contributed by atoms with van der Waals surface area (Å²) in [5, 5.41) is 0. The van der Waals surface area contributed by atoms with Crippen LogP contribution < -0.4 is 15.5 Å². The summed E-state index contributed by atoms with van der Waals surface area (Å²) < 4.78 is 5.53. The zero-order chi connectivity index (χ0) is 26.6. The second-order valence-electron chi connectivity index (χ2n) is 9.23. The number of nitrogen functional groups attached to an aromatic ring is 1. The Labute approximate surface area is 221 Å². The van der Waals surface area contributed by atoms with Gasteiger partial charge in [0.25, 0.3) is 5.91 Å². The maximum Gasteiger partial charge on any atom is 0.294 e. The first-order valence-electron chi connectivity index (χ1n) is 12.5. The van der Waals surface area contributed by atoms with Gasteiger partial charge in [-0.2, -0.15) is 0 Å². The quantitative estimate of drug-likeness (QED) is 0.383. The van der Waals surface area contributed by atoms with Crippen molar-refractivity contribution >= 4 is 29.3 Å². The minimum absolute atomic E-state index is 0.214. The normalized spacial score (nSPS) is 15.9. The van der Waals surface area contributed by atoms with Gasteiger partial charge in [0.1, 0.15) is 11.6 Å². The lowest BCUT2D eigenvalue weighted by Gasteiger charge is -2.35. The molecule has 2 fully saturated rings. The van der Waals surface area contributed by atoms with E-state index in [1.807, 2.05) is 12.3 Å². The molecule has 5 rings (SSSR count). The Morgan fingerprint density at radius 2 is 1.58 bits per heavy atom. The van der Waals surface area contributed by atoms with Crippen LogP contribution in [-0.2, 0) is 14.3 Å². The molecule has 2 aliphatic heterocycles. The van der Waals surface area contributed by atoms with Crippen molar-refractivity contribution in [2.24, 2.45) is 0 Å². The first-order chi connectivity index (χ1) is 18.4. The molecule has 0 unspecified atom stereocenters. The predicted molar refractivity (Wildman–Crippen MR) is 145 cm³/mol. The van der Waals surface area contributed by atoms with Crippen LogP contribution in [0.3, 0.4) is 0 Å². The smallest absolute Gasteiger partial charge is 0.294 e. The van der Waals surface area contributed by atoms with E-state index in [9.17, 15) is 9.59 Å². The third-order valence-corrected chi connectivity index (χ3v) is 6.81. The molecule has 0 saturated carbocycles. The largest absolute Gasteiger partial charge is 0.378 e. The molecule has 0 radical (unpaired) electrons. The van der Waals surface area contributed by atoms with Gasteiger partial charge in [-0.15, -0.1) is 0 Å². The Kier molecular flexibility index (Phi) is 7.27. The number of anilines is 3. The SMILES string of the molecule is C=CC(=O)C(=O)N1CCN(c2cc(C)c(-c3cc(-c4cnc(N)nc4)nc(N4CCOCC4)c3)cn2)CC1. The van der Waals surface area contributed by atoms with Crippen LogP contribution in [0.2, 0.25) is 0 Å². The van der Waals surface area contributed by atoms with Crippen molar-refractivity contribution in [3.05, 3.63) is 55.0 Å². The molecular formula is C27H30N8O3. The molecule has 11 nitrogen and oxygen atoms in total. The molecule has 2 N–H and O–H groups in total. The molecule has 0 aliphatic carbocycles. The zero-order valence-corrected chi connectivity index (χ0v) is 21.3. The van der Waals surface area contributed by atoms with Gasteiger partial charge in [-0.1, -0.05) is 6.58 Å². The number of ketones is 1. The summed E-state index contributed by atoms with van der Waals surface area (Å²) in [4.78, 5) is 47.7. The average Bonchev–Trinajstić information content (AvgIpc) is 2.97. The summed E-state index contributed by atoms with van der Waals surface area (Å²) in [5.74, 6) is 0.830. The molecule has 1 amide bonds. The molecule has 0 atom stereocenters. The second-order valence-corrected chi connectivity index (χ2v) is 9.23. The maximum absolute atomic E-state index is 12.2. The number of rotatable bonds is 6. The van der Waals surface area contributed by atoms with Crippen molar-refractivity contribution in [2.45, 2.75) is 6.92 Å². The van der Waals surface area contributed by atoms with E-state index in [0.717, 1.165) is 58.7 Å². The van der Waals surface area contributed by atoms with Crippen molar-refractivity contribution in [1.29, 1.82) is 0 Å². The van der Waals surface area contributed by atoms with Crippen LogP contribution in [0.5, 0.6) is 0 Å². The number of amides is 1. The minimum atomic E-state index is -0.574. The highest BCUT2D eigenvalue weighted by Crippen LogP contribution is 2.32. The van der Waals surface area contributed by atoms with Crippen molar-refractivity contribution in [3.63, 3.8) is 0 Å². The number of pyridine rings is 2. The van der Waals surface area contributed by atoms with Crippen molar-refractivity contribution in [2.75, 3.05) is 68.0 Å². The fourth-order valence-corrected chi connectivity index (χ4v) is 4.64. The maximum atomic E-state index is 12.2. The van der Waals surface area contributed by atoms with Gasteiger partial charge in [0, 0.05) is 69.0 Å². The van der Waals surface area contributed by atoms with E-state index < -0.39 is 11.7 Å². The van der Waals surface area contributed by atoms with E-state index in [1.54, 1.807) is 17.3 Å². The number of nitrogens with two attached hydrogens (primary N) is 1. The molecule has 5 heterocycles. The molecule has 196 valence electrons. The van der Waals surface area contributed by atoms with Crippen molar-refractivity contribution in [1.82, 2.24) is 24.8 Å². The predicted octanol–water partition coefficient (Wildman–Crippen LogP) is 1.73. The molecule has 0 spiro atoms. The number of carbonyl (C=O) groups is 2. The van der Waals surface area contributed by atoms with Gasteiger partial charge in [0.05, 0.1) is 18.9 Å². The Balaban J connectivity index is 1.42. The third-order valence-electron chi connectivity index (χ3n) is 6.81. The molecule has 3 aromatic heterocycles. The summed E-state index contributed by atoms with van der Waals surface area (Å²) in [5.41, 5.74) is 10.3. The van der Waals surface area contributed by atoms with Crippen LogP contribution in [0.1, 0.15) is 5.56 Å². The van der Waals surface area contributed by atoms with Crippen molar-refractivity contribution < 1.29 is 14.3 Å². The van der Waals surface area contributed by atoms with E-state index in [2.05, 4.69) is 45.4 Å². The molecule has 11 heteroatoms. The fraction of sp³-hybridized carbons (Fsp3) is 0.333. The van der Waals surface area contributed by atoms with Gasteiger partial charge >= 0.3 is 0 Å². The molecule has 0 bridgehead atoms. The number of ether oxygens (including phenoxy) is 1. The molecule has 38 heavy (non-hydrogen) atoms. The molecule has 3 aromatic rings. The molecule has 0 aromatic carbocycles. The fourth-order valence-electron chi connectivity index (χ4n) is 4.64. The van der Waals surface area contributed by atoms with Gasteiger partial charge in [-0.3, -0.25) is 9.59 Å². The lowest BCUT2D eigenvalue weighted by Crippen LogP contribution is -2.50. The van der Waals surface area contributed by atoms with E-state index in [-0.39, 0.29) is 5.95 Å². The topological polar surface area (TPSA) is 131 Å². The highest BCUT2D eigenvalue weighted by Gasteiger charge is 2.25. The summed E-state index contributed by atoms with van der Waals surface area (Å²) in [6.07, 6.45) is 6.30. The Hall–Kier alpha value is -4.38. The number of nitrogens with zero attached hydrogens (tertiary/aromatic N) is 7. The van der Waals surface area contributed by atoms with Crippen molar-refractivity contribution in [3.8, 4) is 22.4 Å². The van der Waals surface area contributed by atoms with Crippen LogP contribution in [-0.4, -0.2) is 89.0 Å². The van der Waals surface area contributed by atoms with Crippen LogP contribution in [0.15, 0.2) is 49.4 Å². The van der Waals surface area contributed by atoms with E-state index >= 15 is 0 Å². The Bertz CT molecular complexity index is 1350. The number of morpholine rings is 1. The van der Waals surface area contributed by atoms with Gasteiger partial charge in [-0.25, -0.2) is 19.9 Å². The number of aromatic nitrogens is 4. The van der Waals surface area contributed by atoms with Gasteiger partial charge in [0.2, 0.25) is 11.7 Å². The summed E-state index contributed by atoms with van der Waals surface area (Å²) in [6, 6.07) is 6.16. The summed E-state index contributed by atoms with van der Waals surface area (Å²) >= 11 is 0. The van der Waals surface area contributed by atoms with E-state index in [1.165, 1.54) is 0 Å². The van der Waals surface area contributed by atoms with E-state index in [4.69, 9.17) is 20.4 Å². The van der Waals surface area contributed by atoms with Gasteiger partial charge in [0.15, 0.2) is 0 Å². The third kappa shape index (κ3) is 5.32. The lowest BCUT2D eigenvalue weighted by molar-refractivity contribution is -0.142. The number of hydrogen-bond acceptors (Lipinski definition) is 10. The average molecular weight is 515 g/mol. The van der Waals surface area contributed by atoms with E-state index in [0.29, 0.717) is 39.4 Å². The first kappa shape index (κ1) is 25.3. The molecule has 2 saturated heterocycles. The second kappa shape index (κ2) is 10.9. The highest BCUT2D eigenvalue weighted by atomic mass is 16.5. The van der Waals surface area contributed by atoms with Gasteiger partial charge in [-0.05, 0) is 42.3 Å². The lowest BCUT2D eigenvalue weighted by atomic mass is 10.0. The number of piperazine rings is 1. The summed E-state index contributed by atoms with van der Waals surface area (Å²) in [7, 11) is 0. The zero-order valence-electron chi connectivity index (χ0n) is 21.3. The first-order valence-corrected chi connectivity index (χ1v) is 12.5. The Morgan fingerprint density at radius 1 is 0.895 bits per heavy atom. The monoisotopic (exact) mass is 514 g/mol. The number of hydrogen-bond donors (Lipinski definition) is 1. The minimum Gasteiger partial charge on any atom is -0.378 e. The van der Waals surface area contributed by atoms with Crippen LogP contribution in [0.4, 0.5) is 17.6 Å². The van der Waals surface area contributed by atoms with Crippen LogP contribution >= 0.6 is 0 Å². The van der Waals surface area contributed by atoms with Crippen LogP contribution in [0.25, 0.3) is 22.4 Å². The highest BCUT2D eigenvalue weighted by molar-refractivity contribution is 6.40. The summed E-state index contributed by atoms with van der Waals surface area (Å²) in [6.45, 7) is 10.4. The molecule has 2 aliphatic rings. The molecular weight excluding hydrogens is 484 g/mol. The number of aryl methyl sites for hydroxylation is 1. The van der Waals surface area contributed by atoms with Crippen LogP contribution in [0, 0.1) is 6.92 Å². The Morgan fingerprint density at radius 3 is 2.24 bits per heavy atom. The van der Waals surface area contributed by atoms with Gasteiger partial charge < -0.3 is 25.2 Å². The standard InChI is InChI=1S/C27H30N8O3/c1-3-23(36)26(37)35-6-4-33(5-7-35)24-12-18(2)21(17-29-24)19-13-22(20-15-30-27(28)31-16-20)32-25(14-19)34-8-10-38-11-9-34/h3,12-17H,1,4-11H2,2H3,(H2,28,30,31).